The van der Waals surface area contributed by atoms with E-state index in [9.17, 15) is 0 Å². The van der Waals surface area contributed by atoms with Crippen molar-refractivity contribution in [2.45, 2.75) is 37.9 Å². The van der Waals surface area contributed by atoms with Gasteiger partial charge in [-0.15, -0.1) is 24.0 Å². The van der Waals surface area contributed by atoms with E-state index in [1.54, 1.807) is 0 Å². The molecule has 1 fully saturated rings. The van der Waals surface area contributed by atoms with Gasteiger partial charge in [0, 0.05) is 42.0 Å². The molecule has 2 heterocycles. The number of nitrogens with one attached hydrogen (secondary N) is 3. The number of aryl methyl sites for hydroxylation is 1. The van der Waals surface area contributed by atoms with Gasteiger partial charge in [-0.1, -0.05) is 12.1 Å². The zero-order valence-corrected chi connectivity index (χ0v) is 18.5. The van der Waals surface area contributed by atoms with Crippen LogP contribution >= 0.6 is 35.7 Å². The predicted octanol–water partition coefficient (Wildman–Crippen LogP) is 4.09. The smallest absolute Gasteiger partial charge is 0.191 e. The van der Waals surface area contributed by atoms with Crippen molar-refractivity contribution >= 4 is 52.6 Å². The lowest BCUT2D eigenvalue weighted by Crippen LogP contribution is -2.44. The number of rotatable bonds is 5. The van der Waals surface area contributed by atoms with Crippen LogP contribution in [0.2, 0.25) is 0 Å². The molecule has 0 bridgehead atoms. The molecule has 3 N–H and O–H groups in total. The summed E-state index contributed by atoms with van der Waals surface area (Å²) in [6.07, 6.45) is 5.73. The quantitative estimate of drug-likeness (QED) is 0.349. The molecule has 1 aromatic carbocycles. The number of guanidine groups is 1. The zero-order chi connectivity index (χ0) is 17.0. The fourth-order valence-corrected chi connectivity index (χ4v) is 4.68. The number of thioether (sulfide) groups is 1. The molecule has 3 rings (SSSR count). The molecule has 0 spiro atoms. The van der Waals surface area contributed by atoms with E-state index in [4.69, 9.17) is 0 Å². The Kier molecular flexibility index (Phi) is 7.49. The molecule has 0 amide bonds. The van der Waals surface area contributed by atoms with Gasteiger partial charge in [-0.25, -0.2) is 0 Å². The van der Waals surface area contributed by atoms with Gasteiger partial charge in [0.15, 0.2) is 5.96 Å². The van der Waals surface area contributed by atoms with Crippen LogP contribution in [0.25, 0.3) is 10.9 Å². The Balaban J connectivity index is 0.00000225. The summed E-state index contributed by atoms with van der Waals surface area (Å²) in [6, 6.07) is 6.41. The second-order valence-electron chi connectivity index (χ2n) is 6.82. The molecular weight excluding hydrogens is 443 g/mol. The molecule has 6 heteroatoms. The van der Waals surface area contributed by atoms with Crippen LogP contribution in [0, 0.1) is 6.92 Å². The van der Waals surface area contributed by atoms with Crippen LogP contribution in [-0.4, -0.2) is 41.6 Å². The van der Waals surface area contributed by atoms with Crippen LogP contribution in [0.15, 0.2) is 29.4 Å². The first kappa shape index (κ1) is 20.4. The van der Waals surface area contributed by atoms with Crippen LogP contribution in [0.4, 0.5) is 0 Å². The number of halogens is 1. The lowest BCUT2D eigenvalue weighted by molar-refractivity contribution is 0.584. The van der Waals surface area contributed by atoms with E-state index < -0.39 is 0 Å². The fourth-order valence-electron chi connectivity index (χ4n) is 3.43. The first-order valence-electron chi connectivity index (χ1n) is 8.75. The molecule has 1 atom stereocenters. The largest absolute Gasteiger partial charge is 0.361 e. The van der Waals surface area contributed by atoms with Crippen LogP contribution in [-0.2, 0) is 6.42 Å². The van der Waals surface area contributed by atoms with Crippen LogP contribution in [0.5, 0.6) is 0 Å². The molecule has 1 aromatic heterocycles. The van der Waals surface area contributed by atoms with Crippen molar-refractivity contribution in [2.24, 2.45) is 4.99 Å². The Morgan fingerprint density at radius 2 is 2.20 bits per heavy atom. The molecule has 138 valence electrons. The van der Waals surface area contributed by atoms with Crippen LogP contribution in [0.1, 0.15) is 30.9 Å². The molecular formula is C19H29IN4S. The summed E-state index contributed by atoms with van der Waals surface area (Å²) in [5, 5.41) is 8.30. The summed E-state index contributed by atoms with van der Waals surface area (Å²) in [5.41, 5.74) is 3.92. The second kappa shape index (κ2) is 9.16. The van der Waals surface area contributed by atoms with Crippen molar-refractivity contribution in [3.63, 3.8) is 0 Å². The average Bonchev–Trinajstić information content (AvgIpc) is 3.19. The average molecular weight is 472 g/mol. The highest BCUT2D eigenvalue weighted by molar-refractivity contribution is 14.0. The maximum atomic E-state index is 4.36. The molecule has 1 saturated heterocycles. The summed E-state index contributed by atoms with van der Waals surface area (Å²) in [6.45, 7) is 6.38. The molecule has 2 aromatic rings. The number of nitrogens with zero attached hydrogens (tertiary/aromatic N) is 1. The molecule has 1 aliphatic heterocycles. The number of H-pyrrole nitrogens is 1. The normalized spacial score (nSPS) is 20.5. The Labute approximate surface area is 172 Å². The number of hydrogen-bond acceptors (Lipinski definition) is 2. The van der Waals surface area contributed by atoms with Gasteiger partial charge in [0.1, 0.15) is 0 Å². The maximum absolute atomic E-state index is 4.36. The highest BCUT2D eigenvalue weighted by Gasteiger charge is 2.29. The van der Waals surface area contributed by atoms with Gasteiger partial charge in [0.25, 0.3) is 0 Å². The van der Waals surface area contributed by atoms with E-state index >= 15 is 0 Å². The van der Waals surface area contributed by atoms with Crippen LogP contribution < -0.4 is 10.6 Å². The minimum atomic E-state index is 0. The number of hydrogen-bond donors (Lipinski definition) is 3. The van der Waals surface area contributed by atoms with E-state index in [-0.39, 0.29) is 24.0 Å². The van der Waals surface area contributed by atoms with Gasteiger partial charge < -0.3 is 15.6 Å². The van der Waals surface area contributed by atoms with E-state index in [2.05, 4.69) is 70.6 Å². The Bertz CT molecular complexity index is 719. The molecule has 4 nitrogen and oxygen atoms in total. The summed E-state index contributed by atoms with van der Waals surface area (Å²) in [7, 11) is 1.84. The Morgan fingerprint density at radius 3 is 2.92 bits per heavy atom. The molecule has 25 heavy (non-hydrogen) atoms. The van der Waals surface area contributed by atoms with Crippen molar-refractivity contribution in [1.82, 2.24) is 15.6 Å². The summed E-state index contributed by atoms with van der Waals surface area (Å²) in [4.78, 5) is 7.73. The zero-order valence-electron chi connectivity index (χ0n) is 15.3. The first-order chi connectivity index (χ1) is 11.6. The number of benzene rings is 1. The summed E-state index contributed by atoms with van der Waals surface area (Å²) in [5.74, 6) is 2.18. The second-order valence-corrected chi connectivity index (χ2v) is 8.50. The highest BCUT2D eigenvalue weighted by Crippen LogP contribution is 2.36. The third kappa shape index (κ3) is 5.06. The number of aromatic amines is 1. The van der Waals surface area contributed by atoms with Crippen LogP contribution in [0.3, 0.4) is 0 Å². The van der Waals surface area contributed by atoms with Gasteiger partial charge in [0.05, 0.1) is 0 Å². The molecule has 0 aliphatic carbocycles. The number of fused-ring (bicyclic) bond motifs is 1. The minimum Gasteiger partial charge on any atom is -0.361 e. The van der Waals surface area contributed by atoms with E-state index in [0.717, 1.165) is 25.5 Å². The number of aliphatic imine (C=N–C) groups is 1. The van der Waals surface area contributed by atoms with Crippen molar-refractivity contribution in [3.8, 4) is 0 Å². The van der Waals surface area contributed by atoms with Gasteiger partial charge in [0.2, 0.25) is 0 Å². The van der Waals surface area contributed by atoms with Crippen molar-refractivity contribution < 1.29 is 0 Å². The third-order valence-corrected chi connectivity index (χ3v) is 6.37. The standard InChI is InChI=1S/C19H28N4S.HI/c1-14-6-4-7-16-17(14)15(12-22-16)8-10-21-18(20-3)23-13-19(2)9-5-11-24-19;/h4,6-7,12,22H,5,8-11,13H2,1-3H3,(H2,20,21,23);1H. The van der Waals surface area contributed by atoms with Gasteiger partial charge >= 0.3 is 0 Å². The van der Waals surface area contributed by atoms with Crippen molar-refractivity contribution in [3.05, 3.63) is 35.5 Å². The SMILES string of the molecule is CN=C(NCCc1c[nH]c2cccc(C)c12)NCC1(C)CCCS1.I. The van der Waals surface area contributed by atoms with E-state index in [1.807, 2.05) is 7.05 Å². The third-order valence-electron chi connectivity index (χ3n) is 4.84. The predicted molar refractivity (Wildman–Crippen MR) is 122 cm³/mol. The van der Waals surface area contributed by atoms with E-state index in [0.29, 0.717) is 4.75 Å². The summed E-state index contributed by atoms with van der Waals surface area (Å²) >= 11 is 2.07. The number of aromatic nitrogens is 1. The van der Waals surface area contributed by atoms with Gasteiger partial charge in [-0.3, -0.25) is 4.99 Å². The highest BCUT2D eigenvalue weighted by atomic mass is 127. The molecule has 1 aliphatic rings. The van der Waals surface area contributed by atoms with Gasteiger partial charge in [-0.05, 0) is 56.1 Å². The van der Waals surface area contributed by atoms with Gasteiger partial charge in [-0.2, -0.15) is 11.8 Å². The first-order valence-corrected chi connectivity index (χ1v) is 9.74. The molecule has 1 unspecified atom stereocenters. The fraction of sp³-hybridized carbons (Fsp3) is 0.526. The van der Waals surface area contributed by atoms with Crippen molar-refractivity contribution in [2.75, 3.05) is 25.9 Å². The Morgan fingerprint density at radius 1 is 1.36 bits per heavy atom. The molecule has 0 radical (unpaired) electrons. The lowest BCUT2D eigenvalue weighted by Gasteiger charge is -2.24. The van der Waals surface area contributed by atoms with E-state index in [1.165, 1.54) is 40.6 Å². The topological polar surface area (TPSA) is 52.2 Å². The monoisotopic (exact) mass is 472 g/mol. The summed E-state index contributed by atoms with van der Waals surface area (Å²) < 4.78 is 0.353. The molecule has 0 saturated carbocycles. The minimum absolute atomic E-state index is 0. The lowest BCUT2D eigenvalue weighted by atomic mass is 10.1. The Hall–Kier alpha value is -0.890. The van der Waals surface area contributed by atoms with Crippen molar-refractivity contribution in [1.29, 1.82) is 0 Å². The maximum Gasteiger partial charge on any atom is 0.191 e.